The second-order valence-corrected chi connectivity index (χ2v) is 5.91. The zero-order chi connectivity index (χ0) is 14.7. The molecule has 2 aromatic heterocycles. The molecule has 1 saturated heterocycles. The summed E-state index contributed by atoms with van der Waals surface area (Å²) in [6, 6.07) is 2.07. The van der Waals surface area contributed by atoms with Crippen molar-refractivity contribution in [1.29, 1.82) is 0 Å². The molecule has 0 saturated carbocycles. The zero-order valence-electron chi connectivity index (χ0n) is 11.9. The van der Waals surface area contributed by atoms with Crippen LogP contribution in [0.2, 0.25) is 0 Å². The van der Waals surface area contributed by atoms with Crippen LogP contribution < -0.4 is 5.32 Å². The lowest BCUT2D eigenvalue weighted by atomic mass is 9.93. The lowest BCUT2D eigenvalue weighted by molar-refractivity contribution is 0.0591. The number of nitrogens with zero attached hydrogens (tertiary/aromatic N) is 3. The molecule has 7 heteroatoms. The Hall–Kier alpha value is -1.73. The van der Waals surface area contributed by atoms with Crippen molar-refractivity contribution in [3.05, 3.63) is 33.8 Å². The van der Waals surface area contributed by atoms with E-state index in [2.05, 4.69) is 27.1 Å². The van der Waals surface area contributed by atoms with Crippen LogP contribution in [0.5, 0.6) is 0 Å². The largest absolute Gasteiger partial charge is 0.464 e. The van der Waals surface area contributed by atoms with Gasteiger partial charge in [-0.1, -0.05) is 5.21 Å². The van der Waals surface area contributed by atoms with Gasteiger partial charge in [-0.15, -0.1) is 5.10 Å². The van der Waals surface area contributed by atoms with E-state index in [1.54, 1.807) is 11.3 Å². The molecule has 3 heterocycles. The quantitative estimate of drug-likeness (QED) is 0.870. The first-order chi connectivity index (χ1) is 10.3. The lowest BCUT2D eigenvalue weighted by Crippen LogP contribution is -2.29. The number of hydrogen-bond acceptors (Lipinski definition) is 6. The fraction of sp³-hybridized carbons (Fsp3) is 0.500. The van der Waals surface area contributed by atoms with Crippen LogP contribution in [0.1, 0.15) is 40.5 Å². The van der Waals surface area contributed by atoms with Gasteiger partial charge in [0.1, 0.15) is 0 Å². The van der Waals surface area contributed by atoms with Gasteiger partial charge in [-0.25, -0.2) is 9.48 Å². The van der Waals surface area contributed by atoms with Gasteiger partial charge in [0.05, 0.1) is 19.3 Å². The molecule has 0 aromatic carbocycles. The van der Waals surface area contributed by atoms with Gasteiger partial charge >= 0.3 is 5.97 Å². The van der Waals surface area contributed by atoms with Crippen LogP contribution >= 0.6 is 11.3 Å². The maximum Gasteiger partial charge on any atom is 0.360 e. The highest BCUT2D eigenvalue weighted by Crippen LogP contribution is 2.28. The Morgan fingerprint density at radius 2 is 2.33 bits per heavy atom. The Morgan fingerprint density at radius 1 is 1.52 bits per heavy atom. The smallest absolute Gasteiger partial charge is 0.360 e. The van der Waals surface area contributed by atoms with Crippen molar-refractivity contribution >= 4 is 17.3 Å². The SMILES string of the molecule is COC(=O)c1nnn(Cc2ccsc2)c1C1CCNCC1. The van der Waals surface area contributed by atoms with Crippen LogP contribution in [0, 0.1) is 0 Å². The van der Waals surface area contributed by atoms with E-state index in [0.717, 1.165) is 31.6 Å². The number of nitrogens with one attached hydrogen (secondary N) is 1. The van der Waals surface area contributed by atoms with Crippen molar-refractivity contribution in [1.82, 2.24) is 20.3 Å². The number of esters is 1. The first kappa shape index (κ1) is 14.2. The second-order valence-electron chi connectivity index (χ2n) is 5.13. The van der Waals surface area contributed by atoms with Crippen molar-refractivity contribution in [3.8, 4) is 0 Å². The second kappa shape index (κ2) is 6.36. The summed E-state index contributed by atoms with van der Waals surface area (Å²) in [4.78, 5) is 11.9. The molecule has 0 radical (unpaired) electrons. The van der Waals surface area contributed by atoms with Gasteiger partial charge in [-0.3, -0.25) is 0 Å². The normalized spacial score (nSPS) is 16.0. The predicted molar refractivity (Wildman–Crippen MR) is 79.6 cm³/mol. The highest BCUT2D eigenvalue weighted by molar-refractivity contribution is 7.07. The van der Waals surface area contributed by atoms with E-state index in [1.807, 2.05) is 10.1 Å². The number of rotatable bonds is 4. The zero-order valence-corrected chi connectivity index (χ0v) is 12.7. The van der Waals surface area contributed by atoms with Gasteiger partial charge in [0.25, 0.3) is 0 Å². The van der Waals surface area contributed by atoms with E-state index in [-0.39, 0.29) is 0 Å². The third-order valence-electron chi connectivity index (χ3n) is 3.79. The molecule has 6 nitrogen and oxygen atoms in total. The maximum absolute atomic E-state index is 11.9. The molecule has 2 aromatic rings. The highest BCUT2D eigenvalue weighted by atomic mass is 32.1. The number of aromatic nitrogens is 3. The number of hydrogen-bond donors (Lipinski definition) is 1. The van der Waals surface area contributed by atoms with Crippen LogP contribution in [0.25, 0.3) is 0 Å². The Labute approximate surface area is 127 Å². The average molecular weight is 306 g/mol. The number of ether oxygens (including phenoxy) is 1. The lowest BCUT2D eigenvalue weighted by Gasteiger charge is -2.23. The minimum Gasteiger partial charge on any atom is -0.464 e. The van der Waals surface area contributed by atoms with E-state index < -0.39 is 5.97 Å². The molecule has 1 fully saturated rings. The van der Waals surface area contributed by atoms with E-state index in [1.165, 1.54) is 12.7 Å². The van der Waals surface area contributed by atoms with E-state index in [0.29, 0.717) is 18.2 Å². The van der Waals surface area contributed by atoms with Crippen molar-refractivity contribution in [2.45, 2.75) is 25.3 Å². The van der Waals surface area contributed by atoms with Crippen molar-refractivity contribution in [2.75, 3.05) is 20.2 Å². The molecule has 0 bridgehead atoms. The van der Waals surface area contributed by atoms with Gasteiger partial charge in [0.15, 0.2) is 5.69 Å². The van der Waals surface area contributed by atoms with Crippen LogP contribution in [-0.2, 0) is 11.3 Å². The number of piperidine rings is 1. The molecule has 0 amide bonds. The van der Waals surface area contributed by atoms with Gasteiger partial charge in [0, 0.05) is 5.92 Å². The summed E-state index contributed by atoms with van der Waals surface area (Å²) in [6.07, 6.45) is 1.97. The van der Waals surface area contributed by atoms with Crippen LogP contribution in [0.3, 0.4) is 0 Å². The molecular formula is C14H18N4O2S. The Morgan fingerprint density at radius 3 is 3.00 bits per heavy atom. The summed E-state index contributed by atoms with van der Waals surface area (Å²) in [5.74, 6) is -0.103. The minimum atomic E-state index is -0.403. The van der Waals surface area contributed by atoms with E-state index in [4.69, 9.17) is 4.74 Å². The molecule has 1 aliphatic heterocycles. The summed E-state index contributed by atoms with van der Waals surface area (Å²) in [6.45, 7) is 2.55. The Bertz CT molecular complexity index is 603. The van der Waals surface area contributed by atoms with Crippen molar-refractivity contribution in [2.24, 2.45) is 0 Å². The fourth-order valence-corrected chi connectivity index (χ4v) is 3.39. The van der Waals surface area contributed by atoms with Gasteiger partial charge < -0.3 is 10.1 Å². The molecule has 1 aliphatic rings. The van der Waals surface area contributed by atoms with Crippen LogP contribution in [0.4, 0.5) is 0 Å². The molecule has 0 atom stereocenters. The third kappa shape index (κ3) is 2.98. The summed E-state index contributed by atoms with van der Waals surface area (Å²) in [5, 5.41) is 15.7. The van der Waals surface area contributed by atoms with E-state index in [9.17, 15) is 4.79 Å². The van der Waals surface area contributed by atoms with Crippen LogP contribution in [0.15, 0.2) is 16.8 Å². The van der Waals surface area contributed by atoms with Gasteiger partial charge in [-0.05, 0) is 48.3 Å². The first-order valence-electron chi connectivity index (χ1n) is 7.03. The number of carbonyl (C=O) groups is 1. The monoisotopic (exact) mass is 306 g/mol. The maximum atomic E-state index is 11.9. The molecule has 0 unspecified atom stereocenters. The van der Waals surface area contributed by atoms with Crippen molar-refractivity contribution < 1.29 is 9.53 Å². The average Bonchev–Trinajstić information content (AvgIpc) is 3.17. The van der Waals surface area contributed by atoms with Gasteiger partial charge in [0.2, 0.25) is 0 Å². The standard InChI is InChI=1S/C14H18N4O2S/c1-20-14(19)12-13(11-2-5-15-6-3-11)18(17-16-12)8-10-4-7-21-9-10/h4,7,9,11,15H,2-3,5-6,8H2,1H3. The molecule has 3 rings (SSSR count). The molecule has 0 aliphatic carbocycles. The molecule has 0 spiro atoms. The molecule has 21 heavy (non-hydrogen) atoms. The van der Waals surface area contributed by atoms with Crippen LogP contribution in [-0.4, -0.2) is 41.2 Å². The number of thiophene rings is 1. The molecule has 112 valence electrons. The minimum absolute atomic E-state index is 0.300. The Kier molecular flexibility index (Phi) is 4.31. The molecular weight excluding hydrogens is 288 g/mol. The van der Waals surface area contributed by atoms with E-state index >= 15 is 0 Å². The number of carbonyl (C=O) groups excluding carboxylic acids is 1. The summed E-state index contributed by atoms with van der Waals surface area (Å²) >= 11 is 1.65. The Balaban J connectivity index is 1.94. The summed E-state index contributed by atoms with van der Waals surface area (Å²) < 4.78 is 6.70. The first-order valence-corrected chi connectivity index (χ1v) is 7.97. The summed E-state index contributed by atoms with van der Waals surface area (Å²) in [5.41, 5.74) is 2.45. The molecule has 1 N–H and O–H groups in total. The third-order valence-corrected chi connectivity index (χ3v) is 4.52. The fourth-order valence-electron chi connectivity index (χ4n) is 2.73. The van der Waals surface area contributed by atoms with Gasteiger partial charge in [-0.2, -0.15) is 11.3 Å². The van der Waals surface area contributed by atoms with Crippen molar-refractivity contribution in [3.63, 3.8) is 0 Å². The number of methoxy groups -OCH3 is 1. The topological polar surface area (TPSA) is 69.0 Å². The predicted octanol–water partition coefficient (Wildman–Crippen LogP) is 1.64. The highest BCUT2D eigenvalue weighted by Gasteiger charge is 2.28. The summed E-state index contributed by atoms with van der Waals surface area (Å²) in [7, 11) is 1.38.